The molecule has 3 heteroatoms. The Labute approximate surface area is 95.0 Å². The molecular formula is C13H15NO2. The van der Waals surface area contributed by atoms with Crippen molar-refractivity contribution in [1.82, 2.24) is 5.16 Å². The van der Waals surface area contributed by atoms with Gasteiger partial charge in [-0.25, -0.2) is 0 Å². The predicted molar refractivity (Wildman–Crippen MR) is 61.4 cm³/mol. The molecule has 1 aromatic carbocycles. The summed E-state index contributed by atoms with van der Waals surface area (Å²) in [5.74, 6) is 2.10. The van der Waals surface area contributed by atoms with Crippen LogP contribution in [0.2, 0.25) is 0 Å². The largest absolute Gasteiger partial charge is 0.485 e. The van der Waals surface area contributed by atoms with Gasteiger partial charge in [-0.3, -0.25) is 0 Å². The highest BCUT2D eigenvalue weighted by Gasteiger charge is 2.07. The van der Waals surface area contributed by atoms with E-state index < -0.39 is 0 Å². The summed E-state index contributed by atoms with van der Waals surface area (Å²) in [6.07, 6.45) is 1.62. The van der Waals surface area contributed by atoms with Gasteiger partial charge in [0.25, 0.3) is 0 Å². The minimum Gasteiger partial charge on any atom is -0.485 e. The van der Waals surface area contributed by atoms with Gasteiger partial charge in [0.15, 0.2) is 5.76 Å². The molecule has 0 aliphatic carbocycles. The molecule has 0 bridgehead atoms. The first kappa shape index (κ1) is 10.7. The smallest absolute Gasteiger partial charge is 0.174 e. The minimum atomic E-state index is 0.420. The summed E-state index contributed by atoms with van der Waals surface area (Å²) >= 11 is 0. The molecule has 0 saturated carbocycles. The zero-order valence-corrected chi connectivity index (χ0v) is 9.51. The maximum Gasteiger partial charge on any atom is 0.174 e. The molecule has 84 valence electrons. The van der Waals surface area contributed by atoms with Gasteiger partial charge in [-0.2, -0.15) is 0 Å². The van der Waals surface area contributed by atoms with E-state index in [1.165, 1.54) is 5.56 Å². The molecule has 16 heavy (non-hydrogen) atoms. The van der Waals surface area contributed by atoms with Gasteiger partial charge in [0, 0.05) is 6.07 Å². The Morgan fingerprint density at radius 2 is 2.06 bits per heavy atom. The molecule has 2 rings (SSSR count). The van der Waals surface area contributed by atoms with Crippen molar-refractivity contribution in [3.05, 3.63) is 47.9 Å². The van der Waals surface area contributed by atoms with Crippen LogP contribution in [-0.2, 0) is 6.61 Å². The van der Waals surface area contributed by atoms with Crippen molar-refractivity contribution < 1.29 is 9.26 Å². The first-order chi connectivity index (χ1) is 7.77. The lowest BCUT2D eigenvalue weighted by Crippen LogP contribution is -1.98. The molecule has 0 saturated heterocycles. The summed E-state index contributed by atoms with van der Waals surface area (Å²) in [4.78, 5) is 0. The first-order valence-electron chi connectivity index (χ1n) is 5.38. The Hall–Kier alpha value is -1.77. The van der Waals surface area contributed by atoms with E-state index in [1.54, 1.807) is 12.3 Å². The van der Waals surface area contributed by atoms with Gasteiger partial charge in [0.2, 0.25) is 0 Å². The Balaban J connectivity index is 2.09. The second-order valence-corrected chi connectivity index (χ2v) is 3.96. The van der Waals surface area contributed by atoms with Crippen LogP contribution in [0.3, 0.4) is 0 Å². The predicted octanol–water partition coefficient (Wildman–Crippen LogP) is 3.38. The number of hydrogen-bond donors (Lipinski definition) is 0. The van der Waals surface area contributed by atoms with Gasteiger partial charge in [-0.05, 0) is 17.5 Å². The molecule has 0 radical (unpaired) electrons. The molecule has 1 aromatic heterocycles. The monoisotopic (exact) mass is 217 g/mol. The van der Waals surface area contributed by atoms with Crippen molar-refractivity contribution in [3.8, 4) is 5.75 Å². The summed E-state index contributed by atoms with van der Waals surface area (Å²) in [6.45, 7) is 4.72. The molecule has 0 unspecified atom stereocenters. The normalized spacial score (nSPS) is 10.7. The maximum absolute atomic E-state index is 5.71. The average Bonchev–Trinajstić information content (AvgIpc) is 2.79. The molecule has 0 amide bonds. The molecule has 0 aliphatic rings. The summed E-state index contributed by atoms with van der Waals surface area (Å²) in [5, 5.41) is 3.64. The van der Waals surface area contributed by atoms with Crippen LogP contribution in [0.4, 0.5) is 0 Å². The van der Waals surface area contributed by atoms with Crippen molar-refractivity contribution in [2.24, 2.45) is 0 Å². The zero-order valence-electron chi connectivity index (χ0n) is 9.51. The second-order valence-electron chi connectivity index (χ2n) is 3.96. The van der Waals surface area contributed by atoms with Crippen LogP contribution >= 0.6 is 0 Å². The molecule has 0 N–H and O–H groups in total. The van der Waals surface area contributed by atoms with Gasteiger partial charge in [-0.15, -0.1) is 0 Å². The quantitative estimate of drug-likeness (QED) is 0.787. The van der Waals surface area contributed by atoms with Crippen LogP contribution < -0.4 is 4.74 Å². The number of ether oxygens (including phenoxy) is 1. The number of aromatic nitrogens is 1. The lowest BCUT2D eigenvalue weighted by Gasteiger charge is -2.12. The average molecular weight is 217 g/mol. The van der Waals surface area contributed by atoms with E-state index in [0.29, 0.717) is 12.5 Å². The van der Waals surface area contributed by atoms with Gasteiger partial charge >= 0.3 is 0 Å². The van der Waals surface area contributed by atoms with E-state index in [1.807, 2.05) is 18.2 Å². The maximum atomic E-state index is 5.71. The number of para-hydroxylation sites is 1. The topological polar surface area (TPSA) is 35.3 Å². The number of hydrogen-bond acceptors (Lipinski definition) is 3. The standard InChI is InChI=1S/C13H15NO2/c1-10(2)12-5-3-4-6-13(12)15-9-11-7-8-14-16-11/h3-8,10H,9H2,1-2H3. The molecule has 1 heterocycles. The summed E-state index contributed by atoms with van der Waals surface area (Å²) in [6, 6.07) is 9.86. The fourth-order valence-corrected chi connectivity index (χ4v) is 1.55. The highest BCUT2D eigenvalue weighted by atomic mass is 16.5. The number of nitrogens with zero attached hydrogens (tertiary/aromatic N) is 1. The van der Waals surface area contributed by atoms with Crippen molar-refractivity contribution in [2.45, 2.75) is 26.4 Å². The third-order valence-corrected chi connectivity index (χ3v) is 2.40. The lowest BCUT2D eigenvalue weighted by molar-refractivity contribution is 0.247. The molecular weight excluding hydrogens is 202 g/mol. The van der Waals surface area contributed by atoms with E-state index in [-0.39, 0.29) is 0 Å². The molecule has 0 spiro atoms. The number of benzene rings is 1. The van der Waals surface area contributed by atoms with Crippen LogP contribution in [0.1, 0.15) is 31.1 Å². The molecule has 0 atom stereocenters. The highest BCUT2D eigenvalue weighted by Crippen LogP contribution is 2.26. The van der Waals surface area contributed by atoms with Crippen molar-refractivity contribution in [1.29, 1.82) is 0 Å². The van der Waals surface area contributed by atoms with Crippen LogP contribution in [-0.4, -0.2) is 5.16 Å². The molecule has 0 fully saturated rings. The van der Waals surface area contributed by atoms with Crippen LogP contribution in [0.25, 0.3) is 0 Å². The van der Waals surface area contributed by atoms with Gasteiger partial charge in [0.1, 0.15) is 12.4 Å². The third-order valence-electron chi connectivity index (χ3n) is 2.40. The summed E-state index contributed by atoms with van der Waals surface area (Å²) < 4.78 is 10.7. The third kappa shape index (κ3) is 2.42. The van der Waals surface area contributed by atoms with Gasteiger partial charge < -0.3 is 9.26 Å². The van der Waals surface area contributed by atoms with Crippen LogP contribution in [0.5, 0.6) is 5.75 Å². The SMILES string of the molecule is CC(C)c1ccccc1OCc1ccno1. The van der Waals surface area contributed by atoms with Crippen molar-refractivity contribution >= 4 is 0 Å². The number of rotatable bonds is 4. The minimum absolute atomic E-state index is 0.420. The van der Waals surface area contributed by atoms with Crippen LogP contribution in [0.15, 0.2) is 41.1 Å². The first-order valence-corrected chi connectivity index (χ1v) is 5.38. The Bertz CT molecular complexity index is 435. The summed E-state index contributed by atoms with van der Waals surface area (Å²) in [5.41, 5.74) is 1.21. The molecule has 2 aromatic rings. The Morgan fingerprint density at radius 3 is 2.75 bits per heavy atom. The van der Waals surface area contributed by atoms with E-state index in [2.05, 4.69) is 25.1 Å². The fourth-order valence-electron chi connectivity index (χ4n) is 1.55. The Morgan fingerprint density at radius 1 is 1.25 bits per heavy atom. The van der Waals surface area contributed by atoms with E-state index in [9.17, 15) is 0 Å². The highest BCUT2D eigenvalue weighted by molar-refractivity contribution is 5.35. The van der Waals surface area contributed by atoms with E-state index in [0.717, 1.165) is 11.5 Å². The van der Waals surface area contributed by atoms with Gasteiger partial charge in [-0.1, -0.05) is 37.2 Å². The van der Waals surface area contributed by atoms with E-state index >= 15 is 0 Å². The van der Waals surface area contributed by atoms with E-state index in [4.69, 9.17) is 9.26 Å². The van der Waals surface area contributed by atoms with Gasteiger partial charge in [0.05, 0.1) is 6.20 Å². The second kappa shape index (κ2) is 4.84. The lowest BCUT2D eigenvalue weighted by atomic mass is 10.0. The zero-order chi connectivity index (χ0) is 11.4. The van der Waals surface area contributed by atoms with Crippen molar-refractivity contribution in [2.75, 3.05) is 0 Å². The Kier molecular flexibility index (Phi) is 3.25. The fraction of sp³-hybridized carbons (Fsp3) is 0.308. The van der Waals surface area contributed by atoms with Crippen molar-refractivity contribution in [3.63, 3.8) is 0 Å². The summed E-state index contributed by atoms with van der Waals surface area (Å²) in [7, 11) is 0. The molecule has 0 aliphatic heterocycles. The van der Waals surface area contributed by atoms with Crippen LogP contribution in [0, 0.1) is 0 Å². The molecule has 3 nitrogen and oxygen atoms in total.